The molecule has 0 amide bonds. The number of esters is 1. The number of fused-ring (bicyclic) bond motifs is 1. The highest BCUT2D eigenvalue weighted by molar-refractivity contribution is 5.91. The molecule has 0 radical (unpaired) electrons. The van der Waals surface area contributed by atoms with Gasteiger partial charge >= 0.3 is 5.97 Å². The first-order chi connectivity index (χ1) is 15.5. The van der Waals surface area contributed by atoms with E-state index in [1.165, 1.54) is 0 Å². The van der Waals surface area contributed by atoms with Crippen LogP contribution in [-0.4, -0.2) is 23.0 Å². The Kier molecular flexibility index (Phi) is 6.61. The number of carbonyl (C=O) groups is 1. The number of nitrogens with zero attached hydrogens (tertiary/aromatic N) is 1. The molecule has 3 aromatic rings. The van der Waals surface area contributed by atoms with Crippen LogP contribution in [0.5, 0.6) is 0 Å². The van der Waals surface area contributed by atoms with Gasteiger partial charge in [0.05, 0.1) is 16.6 Å². The van der Waals surface area contributed by atoms with Gasteiger partial charge in [0.2, 0.25) is 0 Å². The van der Waals surface area contributed by atoms with Crippen LogP contribution in [0.3, 0.4) is 0 Å². The second kappa shape index (κ2) is 9.41. The summed E-state index contributed by atoms with van der Waals surface area (Å²) in [5, 5.41) is 4.83. The largest absolute Gasteiger partial charge is 0.452 e. The summed E-state index contributed by atoms with van der Waals surface area (Å²) in [5.41, 5.74) is 3.11. The third-order valence-electron chi connectivity index (χ3n) is 7.30. The fourth-order valence-electron chi connectivity index (χ4n) is 5.33. The second-order valence-corrected chi connectivity index (χ2v) is 9.36. The van der Waals surface area contributed by atoms with E-state index in [-0.39, 0.29) is 11.5 Å². The van der Waals surface area contributed by atoms with E-state index in [1.54, 1.807) is 0 Å². The SMILES string of the molecule is CC[C@H]1CN[C@](C)([C@H](OC(=O)c2ccccc2C)c2ccnc3ccccc23)C[C@@H]1CC. The van der Waals surface area contributed by atoms with Crippen molar-refractivity contribution in [3.8, 4) is 0 Å². The second-order valence-electron chi connectivity index (χ2n) is 9.36. The molecule has 1 aliphatic rings. The van der Waals surface area contributed by atoms with E-state index in [0.717, 1.165) is 47.8 Å². The minimum atomic E-state index is -0.422. The van der Waals surface area contributed by atoms with Crippen molar-refractivity contribution < 1.29 is 9.53 Å². The van der Waals surface area contributed by atoms with Crippen LogP contribution in [0.1, 0.15) is 67.6 Å². The number of aryl methyl sites for hydroxylation is 1. The predicted octanol–water partition coefficient (Wildman–Crippen LogP) is 6.25. The number of nitrogens with one attached hydrogen (secondary N) is 1. The average molecular weight is 431 g/mol. The smallest absolute Gasteiger partial charge is 0.339 e. The maximum absolute atomic E-state index is 13.4. The van der Waals surface area contributed by atoms with Gasteiger partial charge in [0.1, 0.15) is 6.10 Å². The van der Waals surface area contributed by atoms with Gasteiger partial charge in [-0.3, -0.25) is 4.98 Å². The molecule has 0 aliphatic carbocycles. The molecular formula is C28H34N2O2. The highest BCUT2D eigenvalue weighted by atomic mass is 16.5. The van der Waals surface area contributed by atoms with E-state index in [0.29, 0.717) is 17.4 Å². The summed E-state index contributed by atoms with van der Waals surface area (Å²) in [7, 11) is 0. The number of benzene rings is 2. The van der Waals surface area contributed by atoms with Crippen LogP contribution in [0, 0.1) is 18.8 Å². The van der Waals surface area contributed by atoms with Crippen molar-refractivity contribution in [3.05, 3.63) is 77.5 Å². The van der Waals surface area contributed by atoms with Crippen molar-refractivity contribution >= 4 is 16.9 Å². The third-order valence-corrected chi connectivity index (χ3v) is 7.30. The number of para-hydroxylation sites is 1. The molecule has 0 saturated carbocycles. The lowest BCUT2D eigenvalue weighted by molar-refractivity contribution is -0.0198. The number of hydrogen-bond acceptors (Lipinski definition) is 4. The maximum atomic E-state index is 13.4. The highest BCUT2D eigenvalue weighted by Crippen LogP contribution is 2.43. The Balaban J connectivity index is 1.78. The zero-order chi connectivity index (χ0) is 22.7. The van der Waals surface area contributed by atoms with E-state index >= 15 is 0 Å². The molecule has 0 spiro atoms. The van der Waals surface area contributed by atoms with Crippen LogP contribution in [0.15, 0.2) is 60.8 Å². The normalized spacial score (nSPS) is 24.2. The van der Waals surface area contributed by atoms with E-state index in [9.17, 15) is 4.79 Å². The predicted molar refractivity (Wildman–Crippen MR) is 130 cm³/mol. The summed E-state index contributed by atoms with van der Waals surface area (Å²) in [6, 6.07) is 17.7. The minimum Gasteiger partial charge on any atom is -0.452 e. The molecule has 168 valence electrons. The van der Waals surface area contributed by atoms with E-state index in [1.807, 2.05) is 61.7 Å². The van der Waals surface area contributed by atoms with Crippen LogP contribution in [0.4, 0.5) is 0 Å². The van der Waals surface area contributed by atoms with Gasteiger partial charge in [-0.15, -0.1) is 0 Å². The van der Waals surface area contributed by atoms with Crippen molar-refractivity contribution in [2.45, 2.75) is 58.6 Å². The van der Waals surface area contributed by atoms with Crippen molar-refractivity contribution in [1.29, 1.82) is 0 Å². The summed E-state index contributed by atoms with van der Waals surface area (Å²) >= 11 is 0. The van der Waals surface area contributed by atoms with Gasteiger partial charge in [-0.1, -0.05) is 63.1 Å². The molecule has 1 N–H and O–H groups in total. The van der Waals surface area contributed by atoms with Crippen LogP contribution >= 0.6 is 0 Å². The molecule has 1 aromatic heterocycles. The zero-order valence-corrected chi connectivity index (χ0v) is 19.6. The molecule has 32 heavy (non-hydrogen) atoms. The number of rotatable bonds is 6. The van der Waals surface area contributed by atoms with Gasteiger partial charge in [-0.2, -0.15) is 0 Å². The van der Waals surface area contributed by atoms with E-state index in [2.05, 4.69) is 37.1 Å². The van der Waals surface area contributed by atoms with Crippen LogP contribution in [0.25, 0.3) is 10.9 Å². The Bertz CT molecular complexity index is 1090. The van der Waals surface area contributed by atoms with E-state index < -0.39 is 6.10 Å². The first kappa shape index (κ1) is 22.5. The quantitative estimate of drug-likeness (QED) is 0.470. The monoisotopic (exact) mass is 430 g/mol. The Hall–Kier alpha value is -2.72. The minimum absolute atomic E-state index is 0.275. The summed E-state index contributed by atoms with van der Waals surface area (Å²) in [6.07, 6.45) is 4.66. The molecule has 1 fully saturated rings. The lowest BCUT2D eigenvalue weighted by Gasteiger charge is -2.47. The van der Waals surface area contributed by atoms with Gasteiger partial charge in [-0.25, -0.2) is 4.79 Å². The van der Waals surface area contributed by atoms with Gasteiger partial charge < -0.3 is 10.1 Å². The van der Waals surface area contributed by atoms with Crippen molar-refractivity contribution in [2.24, 2.45) is 11.8 Å². The van der Waals surface area contributed by atoms with Crippen LogP contribution in [-0.2, 0) is 4.74 Å². The molecule has 1 aliphatic heterocycles. The van der Waals surface area contributed by atoms with Gasteiger partial charge in [-0.05, 0) is 62.4 Å². The lowest BCUT2D eigenvalue weighted by atomic mass is 9.71. The molecule has 2 aromatic carbocycles. The number of pyridine rings is 1. The molecular weight excluding hydrogens is 396 g/mol. The number of carbonyl (C=O) groups excluding carboxylic acids is 1. The number of piperidine rings is 1. The molecule has 0 unspecified atom stereocenters. The Labute approximate surface area is 191 Å². The molecule has 0 bridgehead atoms. The van der Waals surface area contributed by atoms with Crippen LogP contribution < -0.4 is 5.32 Å². The van der Waals surface area contributed by atoms with Crippen molar-refractivity contribution in [1.82, 2.24) is 10.3 Å². The molecule has 4 rings (SSSR count). The lowest BCUT2D eigenvalue weighted by Crippen LogP contribution is -2.56. The van der Waals surface area contributed by atoms with Crippen molar-refractivity contribution in [3.63, 3.8) is 0 Å². The van der Waals surface area contributed by atoms with Gasteiger partial charge in [0.15, 0.2) is 0 Å². The molecule has 4 atom stereocenters. The fourth-order valence-corrected chi connectivity index (χ4v) is 5.33. The van der Waals surface area contributed by atoms with Gasteiger partial charge in [0, 0.05) is 17.1 Å². The van der Waals surface area contributed by atoms with Crippen molar-refractivity contribution in [2.75, 3.05) is 6.54 Å². The molecule has 4 nitrogen and oxygen atoms in total. The Morgan fingerprint density at radius 3 is 2.56 bits per heavy atom. The summed E-state index contributed by atoms with van der Waals surface area (Å²) < 4.78 is 6.39. The zero-order valence-electron chi connectivity index (χ0n) is 19.6. The molecule has 2 heterocycles. The average Bonchev–Trinajstić information content (AvgIpc) is 2.82. The third kappa shape index (κ3) is 4.29. The summed E-state index contributed by atoms with van der Waals surface area (Å²) in [4.78, 5) is 17.9. The number of hydrogen-bond donors (Lipinski definition) is 1. The van der Waals surface area contributed by atoms with E-state index in [4.69, 9.17) is 4.74 Å². The molecule has 4 heteroatoms. The first-order valence-corrected chi connectivity index (χ1v) is 11.8. The topological polar surface area (TPSA) is 51.2 Å². The first-order valence-electron chi connectivity index (χ1n) is 11.8. The fraction of sp³-hybridized carbons (Fsp3) is 0.429. The maximum Gasteiger partial charge on any atom is 0.339 e. The highest BCUT2D eigenvalue weighted by Gasteiger charge is 2.45. The van der Waals surface area contributed by atoms with Gasteiger partial charge in [0.25, 0.3) is 0 Å². The summed E-state index contributed by atoms with van der Waals surface area (Å²) in [5.74, 6) is 0.969. The van der Waals surface area contributed by atoms with Crippen LogP contribution in [0.2, 0.25) is 0 Å². The molecule has 1 saturated heterocycles. The number of aromatic nitrogens is 1. The number of ether oxygens (including phenoxy) is 1. The Morgan fingerprint density at radius 2 is 1.81 bits per heavy atom. The Morgan fingerprint density at radius 1 is 1.09 bits per heavy atom. The summed E-state index contributed by atoms with van der Waals surface area (Å²) in [6.45, 7) is 9.64. The standard InChI is InChI=1S/C28H34N2O2/c1-5-20-17-28(4,30-18-21(20)6-2)26(32-27(31)22-12-8-7-11-19(22)3)24-15-16-29-25-14-10-9-13-23(24)25/h7-16,20-21,26,30H,5-6,17-18H2,1-4H3/t20-,21-,26+,28-/m0/s1.